The number of carboxylic acids is 1. The molecule has 3 heterocycles. The summed E-state index contributed by atoms with van der Waals surface area (Å²) in [5.41, 5.74) is 9.67. The van der Waals surface area contributed by atoms with Gasteiger partial charge in [0.1, 0.15) is 61.6 Å². The van der Waals surface area contributed by atoms with Gasteiger partial charge in [-0.3, -0.25) is 19.6 Å². The highest BCUT2D eigenvalue weighted by molar-refractivity contribution is 9.11. The molecule has 7 rings (SSSR count). The first-order chi connectivity index (χ1) is 33.3. The summed E-state index contributed by atoms with van der Waals surface area (Å²) in [5, 5.41) is 51.2. The lowest BCUT2D eigenvalue weighted by Gasteiger charge is -2.21. The van der Waals surface area contributed by atoms with Crippen LogP contribution in [0.3, 0.4) is 0 Å². The maximum absolute atomic E-state index is 12.6. The summed E-state index contributed by atoms with van der Waals surface area (Å²) in [6, 6.07) is 27.0. The average Bonchev–Trinajstić information content (AvgIpc) is 3.65. The predicted octanol–water partition coefficient (Wildman–Crippen LogP) is 8.36. The van der Waals surface area contributed by atoms with Gasteiger partial charge in [-0.05, 0) is 103 Å². The lowest BCUT2D eigenvalue weighted by Crippen LogP contribution is -2.28. The molecule has 17 heteroatoms. The number of amides is 1. The van der Waals surface area contributed by atoms with E-state index in [1.807, 2.05) is 36.4 Å². The number of carboxylic acid groups (broad SMARTS) is 1. The van der Waals surface area contributed by atoms with Gasteiger partial charge < -0.3 is 44.5 Å². The Morgan fingerprint density at radius 2 is 1.26 bits per heavy atom. The van der Waals surface area contributed by atoms with Gasteiger partial charge in [-0.25, -0.2) is 0 Å². The quantitative estimate of drug-likeness (QED) is 0.0532. The number of carbonyl (C=O) groups is 2. The minimum Gasteiger partial charge on any atom is -0.488 e. The van der Waals surface area contributed by atoms with Crippen molar-refractivity contribution in [2.45, 2.75) is 78.4 Å². The molecule has 0 bridgehead atoms. The molecule has 1 saturated heterocycles. The number of pyridine rings is 2. The molecular formula is C52H48Br2N6O9. The Morgan fingerprint density at radius 1 is 0.754 bits per heavy atom. The topological polar surface area (TPSA) is 220 Å². The van der Waals surface area contributed by atoms with Crippen molar-refractivity contribution < 1.29 is 43.9 Å². The monoisotopic (exact) mass is 1060 g/mol. The summed E-state index contributed by atoms with van der Waals surface area (Å²) < 4.78 is 26.8. The summed E-state index contributed by atoms with van der Waals surface area (Å²) in [5.74, 6) is 0.776. The van der Waals surface area contributed by atoms with Crippen molar-refractivity contribution in [3.8, 4) is 46.3 Å². The van der Waals surface area contributed by atoms with E-state index in [0.717, 1.165) is 38.9 Å². The van der Waals surface area contributed by atoms with Crippen LogP contribution in [0.15, 0.2) is 107 Å². The van der Waals surface area contributed by atoms with Crippen LogP contribution >= 0.6 is 31.9 Å². The smallest absolute Gasteiger partial charge is 0.306 e. The van der Waals surface area contributed by atoms with Gasteiger partial charge in [-0.2, -0.15) is 10.5 Å². The average molecular weight is 1060 g/mol. The number of nitrogens with zero attached hydrogens (tertiary/aromatic N) is 5. The number of aliphatic carboxylic acids is 1. The highest BCUT2D eigenvalue weighted by Crippen LogP contribution is 2.38. The number of hydrogen-bond donors (Lipinski definition) is 4. The molecule has 15 nitrogen and oxygen atoms in total. The Bertz CT molecular complexity index is 2940. The van der Waals surface area contributed by atoms with Gasteiger partial charge in [0, 0.05) is 85.4 Å². The summed E-state index contributed by atoms with van der Waals surface area (Å²) >= 11 is 7.34. The highest BCUT2D eigenvalue weighted by atomic mass is 79.9. The van der Waals surface area contributed by atoms with Gasteiger partial charge >= 0.3 is 5.97 Å². The third-order valence-corrected chi connectivity index (χ3v) is 12.7. The molecule has 0 radical (unpaired) electrons. The number of β-amino-alcohol motifs (C(OH)–C–C–N with tert-alkyl or cyclic N) is 1. The van der Waals surface area contributed by atoms with Crippen LogP contribution in [0, 0.1) is 36.5 Å². The second-order valence-electron chi connectivity index (χ2n) is 16.5. The van der Waals surface area contributed by atoms with Crippen LogP contribution in [-0.4, -0.2) is 67.4 Å². The number of aliphatic hydroxyl groups is 2. The SMILES string of the molecule is Cc1c(COc2cc(OCc3cncc(C#N)c3)c(CNCC(O)CC(=O)O)cc2Br)cccc1-c1cccc(COc2cc(OCc3cncc(C#N)c3)c(CN3CC(O)CC3=O)cc2Br)c1C. The van der Waals surface area contributed by atoms with Crippen molar-refractivity contribution >= 4 is 43.7 Å². The Labute approximate surface area is 416 Å². The number of hydrogen-bond acceptors (Lipinski definition) is 13. The maximum atomic E-state index is 12.6. The van der Waals surface area contributed by atoms with E-state index in [1.54, 1.807) is 41.6 Å². The second-order valence-corrected chi connectivity index (χ2v) is 18.2. The number of aromatic nitrogens is 2. The van der Waals surface area contributed by atoms with Crippen molar-refractivity contribution in [3.05, 3.63) is 162 Å². The van der Waals surface area contributed by atoms with Crippen LogP contribution in [0.4, 0.5) is 0 Å². The number of halogens is 2. The zero-order valence-electron chi connectivity index (χ0n) is 37.7. The molecule has 1 amide bonds. The summed E-state index contributed by atoms with van der Waals surface area (Å²) in [6.07, 6.45) is 4.09. The Hall–Kier alpha value is -6.86. The normalized spacial score (nSPS) is 13.7. The first-order valence-corrected chi connectivity index (χ1v) is 23.4. The largest absolute Gasteiger partial charge is 0.488 e. The van der Waals surface area contributed by atoms with Crippen LogP contribution in [0.1, 0.15) is 68.5 Å². The van der Waals surface area contributed by atoms with Crippen molar-refractivity contribution in [1.29, 1.82) is 10.5 Å². The second kappa shape index (κ2) is 23.4. The molecule has 2 aromatic heterocycles. The number of nitriles is 2. The summed E-state index contributed by atoms with van der Waals surface area (Å²) in [4.78, 5) is 33.6. The lowest BCUT2D eigenvalue weighted by molar-refractivity contribution is -0.139. The molecule has 0 spiro atoms. The van der Waals surface area contributed by atoms with Crippen LogP contribution in [0.5, 0.6) is 23.0 Å². The third kappa shape index (κ3) is 13.2. The number of benzene rings is 4. The summed E-state index contributed by atoms with van der Waals surface area (Å²) in [7, 11) is 0. The van der Waals surface area contributed by atoms with Gasteiger partial charge in [-0.15, -0.1) is 0 Å². The molecule has 2 unspecified atom stereocenters. The fourth-order valence-electron chi connectivity index (χ4n) is 7.81. The van der Waals surface area contributed by atoms with Crippen molar-refractivity contribution in [2.24, 2.45) is 0 Å². The van der Waals surface area contributed by atoms with Gasteiger partial charge in [0.25, 0.3) is 0 Å². The fourth-order valence-corrected chi connectivity index (χ4v) is 8.82. The van der Waals surface area contributed by atoms with E-state index in [4.69, 9.17) is 24.1 Å². The first-order valence-electron chi connectivity index (χ1n) is 21.9. The van der Waals surface area contributed by atoms with Crippen molar-refractivity contribution in [2.75, 3.05) is 13.1 Å². The zero-order valence-corrected chi connectivity index (χ0v) is 40.9. The molecule has 1 fully saturated rings. The highest BCUT2D eigenvalue weighted by Gasteiger charge is 2.29. The maximum Gasteiger partial charge on any atom is 0.306 e. The van der Waals surface area contributed by atoms with E-state index >= 15 is 0 Å². The molecule has 1 aliphatic rings. The van der Waals surface area contributed by atoms with Crippen molar-refractivity contribution in [3.63, 3.8) is 0 Å². The van der Waals surface area contributed by atoms with Gasteiger partial charge in [-0.1, -0.05) is 36.4 Å². The van der Waals surface area contributed by atoms with E-state index < -0.39 is 18.2 Å². The molecule has 4 aromatic carbocycles. The van der Waals surface area contributed by atoms with Crippen molar-refractivity contribution in [1.82, 2.24) is 20.2 Å². The number of carbonyl (C=O) groups excluding carboxylic acids is 1. The summed E-state index contributed by atoms with van der Waals surface area (Å²) in [6.45, 7) is 5.59. The Balaban J connectivity index is 1.08. The number of ether oxygens (including phenoxy) is 4. The number of nitrogens with one attached hydrogen (secondary N) is 1. The van der Waals surface area contributed by atoms with E-state index in [9.17, 15) is 30.3 Å². The van der Waals surface area contributed by atoms with Gasteiger partial charge in [0.05, 0.1) is 45.1 Å². The minimum atomic E-state index is -1.09. The molecule has 6 aromatic rings. The molecule has 4 N–H and O–H groups in total. The van der Waals surface area contributed by atoms with E-state index in [2.05, 4.69) is 85.3 Å². The number of rotatable bonds is 21. The molecule has 2 atom stereocenters. The molecule has 69 heavy (non-hydrogen) atoms. The molecule has 0 aliphatic carbocycles. The molecule has 0 saturated carbocycles. The zero-order chi connectivity index (χ0) is 49.0. The fraction of sp³-hybridized carbons (Fsp3) is 0.269. The van der Waals surface area contributed by atoms with Crippen LogP contribution in [0.2, 0.25) is 0 Å². The number of aliphatic hydroxyl groups excluding tert-OH is 2. The Kier molecular flexibility index (Phi) is 17.0. The minimum absolute atomic E-state index is 0.0564. The molecular weight excluding hydrogens is 1010 g/mol. The first kappa shape index (κ1) is 50.0. The predicted molar refractivity (Wildman–Crippen MR) is 261 cm³/mol. The third-order valence-electron chi connectivity index (χ3n) is 11.5. The van der Waals surface area contributed by atoms with Crippen LogP contribution < -0.4 is 24.3 Å². The molecule has 354 valence electrons. The lowest BCUT2D eigenvalue weighted by atomic mass is 9.92. The van der Waals surface area contributed by atoms with Crippen LogP contribution in [-0.2, 0) is 49.1 Å². The molecule has 1 aliphatic heterocycles. The van der Waals surface area contributed by atoms with Crippen LogP contribution in [0.25, 0.3) is 11.1 Å². The van der Waals surface area contributed by atoms with Gasteiger partial charge in [0.2, 0.25) is 5.91 Å². The number of likely N-dealkylation sites (tertiary alicyclic amines) is 1. The van der Waals surface area contributed by atoms with Gasteiger partial charge in [0.15, 0.2) is 0 Å². The van der Waals surface area contributed by atoms with E-state index in [-0.39, 0.29) is 71.4 Å². The van der Waals surface area contributed by atoms with E-state index in [0.29, 0.717) is 59.8 Å². The Morgan fingerprint density at radius 3 is 1.75 bits per heavy atom. The standard InChI is InChI=1S/C52H48Br2N6O9/c1-31-37(29-68-49-15-47(66-27-35-9-33(17-55)19-57-21-35)39(11-45(49)53)23-59-24-41(61)14-52(64)65)5-3-7-43(31)44-8-4-6-38(32(44)2)30-69-50-16-48(67-28-36-10-34(18-56)20-58-22-36)40(12-46(50)54)25-60-26-42(62)13-51(60)63/h3-12,15-16,19-22,41-42,59,61-62H,13-14,23-30H2,1-2H3,(H,64,65). The van der Waals surface area contributed by atoms with E-state index in [1.165, 1.54) is 12.4 Å².